The highest BCUT2D eigenvalue weighted by Gasteiger charge is 2.33. The van der Waals surface area contributed by atoms with Crippen LogP contribution < -0.4 is 5.73 Å². The second-order valence-electron chi connectivity index (χ2n) is 4.77. The van der Waals surface area contributed by atoms with Crippen molar-refractivity contribution >= 4 is 24.8 Å². The van der Waals surface area contributed by atoms with Gasteiger partial charge in [-0.05, 0) is 37.6 Å². The van der Waals surface area contributed by atoms with E-state index >= 15 is 0 Å². The highest BCUT2D eigenvalue weighted by atomic mass is 35.5. The van der Waals surface area contributed by atoms with Crippen molar-refractivity contribution in [2.45, 2.75) is 31.6 Å². The van der Waals surface area contributed by atoms with Gasteiger partial charge >= 0.3 is 6.18 Å². The fourth-order valence-corrected chi connectivity index (χ4v) is 2.29. The van der Waals surface area contributed by atoms with Gasteiger partial charge in [-0.15, -0.1) is 24.8 Å². The van der Waals surface area contributed by atoms with E-state index in [2.05, 4.69) is 0 Å². The molecule has 1 aliphatic rings. The lowest BCUT2D eigenvalue weighted by Gasteiger charge is -2.30. The van der Waals surface area contributed by atoms with Gasteiger partial charge in [0.05, 0.1) is 5.56 Å². The summed E-state index contributed by atoms with van der Waals surface area (Å²) in [6.45, 7) is 1.89. The topological polar surface area (TPSA) is 29.3 Å². The van der Waals surface area contributed by atoms with E-state index in [1.807, 2.05) is 4.90 Å². The summed E-state index contributed by atoms with van der Waals surface area (Å²) in [5, 5.41) is 0. The van der Waals surface area contributed by atoms with E-state index in [1.165, 1.54) is 6.07 Å². The van der Waals surface area contributed by atoms with Crippen molar-refractivity contribution in [3.05, 3.63) is 35.4 Å². The van der Waals surface area contributed by atoms with Crippen molar-refractivity contribution < 1.29 is 13.2 Å². The molecule has 0 saturated carbocycles. The van der Waals surface area contributed by atoms with Crippen molar-refractivity contribution in [1.29, 1.82) is 0 Å². The number of hydrogen-bond donors (Lipinski definition) is 1. The van der Waals surface area contributed by atoms with Gasteiger partial charge in [0.1, 0.15) is 0 Å². The molecule has 1 heterocycles. The Morgan fingerprint density at radius 1 is 1.10 bits per heavy atom. The van der Waals surface area contributed by atoms with Gasteiger partial charge < -0.3 is 5.73 Å². The van der Waals surface area contributed by atoms with E-state index < -0.39 is 11.7 Å². The minimum atomic E-state index is -4.28. The highest BCUT2D eigenvalue weighted by molar-refractivity contribution is 5.85. The van der Waals surface area contributed by atoms with Crippen LogP contribution in [-0.2, 0) is 12.7 Å². The first kappa shape index (κ1) is 19.5. The molecule has 0 bridgehead atoms. The minimum Gasteiger partial charge on any atom is -0.328 e. The molecule has 2 nitrogen and oxygen atoms in total. The van der Waals surface area contributed by atoms with Gasteiger partial charge in [-0.3, -0.25) is 4.90 Å². The Morgan fingerprint density at radius 3 is 2.20 bits per heavy atom. The molecular weight excluding hydrogens is 312 g/mol. The van der Waals surface area contributed by atoms with Crippen molar-refractivity contribution in [3.8, 4) is 0 Å². The maximum Gasteiger partial charge on any atom is 0.416 e. The normalized spacial score (nSPS) is 17.2. The molecule has 7 heteroatoms. The van der Waals surface area contributed by atoms with E-state index in [-0.39, 0.29) is 30.9 Å². The number of halogens is 5. The first-order valence-electron chi connectivity index (χ1n) is 6.10. The van der Waals surface area contributed by atoms with Crippen molar-refractivity contribution in [2.75, 3.05) is 13.1 Å². The van der Waals surface area contributed by atoms with Gasteiger partial charge in [0, 0.05) is 12.6 Å². The molecule has 0 spiro atoms. The van der Waals surface area contributed by atoms with Crippen LogP contribution in [0.4, 0.5) is 13.2 Å². The number of nitrogens with two attached hydrogens (primary N) is 1. The fraction of sp³-hybridized carbons (Fsp3) is 0.538. The number of alkyl halides is 3. The lowest BCUT2D eigenvalue weighted by molar-refractivity contribution is -0.138. The Balaban J connectivity index is 0.00000180. The Bertz CT molecular complexity index is 405. The first-order chi connectivity index (χ1) is 8.47. The number of benzene rings is 1. The standard InChI is InChI=1S/C13H17F3N2.2ClH/c14-13(15,16)12-4-2-1-3-10(12)9-18-7-5-11(17)6-8-18;;/h1-4,11H,5-9,17H2;2*1H. The molecule has 0 unspecified atom stereocenters. The molecule has 20 heavy (non-hydrogen) atoms. The van der Waals surface area contributed by atoms with E-state index in [9.17, 15) is 13.2 Å². The quantitative estimate of drug-likeness (QED) is 0.899. The van der Waals surface area contributed by atoms with Crippen molar-refractivity contribution in [1.82, 2.24) is 4.90 Å². The van der Waals surface area contributed by atoms with E-state index in [1.54, 1.807) is 12.1 Å². The minimum absolute atomic E-state index is 0. The molecule has 2 N–H and O–H groups in total. The summed E-state index contributed by atoms with van der Waals surface area (Å²) in [6, 6.07) is 5.97. The predicted octanol–water partition coefficient (Wildman–Crippen LogP) is 3.47. The average molecular weight is 331 g/mol. The molecule has 1 aliphatic heterocycles. The van der Waals surface area contributed by atoms with E-state index in [4.69, 9.17) is 5.73 Å². The van der Waals surface area contributed by atoms with Crippen LogP contribution in [-0.4, -0.2) is 24.0 Å². The van der Waals surface area contributed by atoms with E-state index in [0.717, 1.165) is 32.0 Å². The average Bonchev–Trinajstić information content (AvgIpc) is 2.31. The van der Waals surface area contributed by atoms with Gasteiger partial charge in [0.15, 0.2) is 0 Å². The maximum atomic E-state index is 12.8. The summed E-state index contributed by atoms with van der Waals surface area (Å²) in [5.41, 5.74) is 5.60. The van der Waals surface area contributed by atoms with Gasteiger partial charge in [0.25, 0.3) is 0 Å². The van der Waals surface area contributed by atoms with Crippen LogP contribution in [0.15, 0.2) is 24.3 Å². The van der Waals surface area contributed by atoms with Crippen LogP contribution in [0.2, 0.25) is 0 Å². The van der Waals surface area contributed by atoms with Gasteiger partial charge in [0.2, 0.25) is 0 Å². The van der Waals surface area contributed by atoms with Crippen LogP contribution >= 0.6 is 24.8 Å². The van der Waals surface area contributed by atoms with Crippen LogP contribution in [0.25, 0.3) is 0 Å². The molecule has 0 atom stereocenters. The number of nitrogens with zero attached hydrogens (tertiary/aromatic N) is 1. The maximum absolute atomic E-state index is 12.8. The van der Waals surface area contributed by atoms with Crippen molar-refractivity contribution in [2.24, 2.45) is 5.73 Å². The summed E-state index contributed by atoms with van der Waals surface area (Å²) in [5.74, 6) is 0. The number of rotatable bonds is 2. The molecule has 1 aromatic rings. The predicted molar refractivity (Wildman–Crippen MR) is 78.4 cm³/mol. The molecule has 0 amide bonds. The van der Waals surface area contributed by atoms with Crippen LogP contribution in [0, 0.1) is 0 Å². The number of hydrogen-bond acceptors (Lipinski definition) is 2. The zero-order chi connectivity index (χ0) is 13.2. The Labute approximate surface area is 129 Å². The largest absolute Gasteiger partial charge is 0.416 e. The zero-order valence-electron chi connectivity index (χ0n) is 10.9. The van der Waals surface area contributed by atoms with Crippen LogP contribution in [0.3, 0.4) is 0 Å². The molecule has 0 radical (unpaired) electrons. The third kappa shape index (κ3) is 5.13. The Kier molecular flexibility index (Phi) is 7.88. The molecular formula is C13H19Cl2F3N2. The molecule has 116 valence electrons. The smallest absolute Gasteiger partial charge is 0.328 e. The molecule has 1 saturated heterocycles. The molecule has 1 aromatic carbocycles. The number of likely N-dealkylation sites (tertiary alicyclic amines) is 1. The third-order valence-corrected chi connectivity index (χ3v) is 3.35. The lowest BCUT2D eigenvalue weighted by Crippen LogP contribution is -2.39. The SMILES string of the molecule is Cl.Cl.NC1CCN(Cc2ccccc2C(F)(F)F)CC1. The third-order valence-electron chi connectivity index (χ3n) is 3.35. The molecule has 0 aromatic heterocycles. The fourth-order valence-electron chi connectivity index (χ4n) is 2.29. The molecule has 1 fully saturated rings. The van der Waals surface area contributed by atoms with Gasteiger partial charge in [-0.2, -0.15) is 13.2 Å². The zero-order valence-corrected chi connectivity index (χ0v) is 12.5. The van der Waals surface area contributed by atoms with Crippen LogP contribution in [0.5, 0.6) is 0 Å². The summed E-state index contributed by atoms with van der Waals surface area (Å²) in [4.78, 5) is 2.04. The summed E-state index contributed by atoms with van der Waals surface area (Å²) in [7, 11) is 0. The first-order valence-corrected chi connectivity index (χ1v) is 6.10. The second kappa shape index (κ2) is 8.08. The summed E-state index contributed by atoms with van der Waals surface area (Å²) >= 11 is 0. The van der Waals surface area contributed by atoms with Gasteiger partial charge in [-0.25, -0.2) is 0 Å². The molecule has 2 rings (SSSR count). The monoisotopic (exact) mass is 330 g/mol. The number of piperidine rings is 1. The summed E-state index contributed by atoms with van der Waals surface area (Å²) in [6.07, 6.45) is -2.56. The Morgan fingerprint density at radius 2 is 1.65 bits per heavy atom. The van der Waals surface area contributed by atoms with Crippen LogP contribution in [0.1, 0.15) is 24.0 Å². The second-order valence-corrected chi connectivity index (χ2v) is 4.77. The van der Waals surface area contributed by atoms with Crippen molar-refractivity contribution in [3.63, 3.8) is 0 Å². The lowest BCUT2D eigenvalue weighted by atomic mass is 10.0. The highest BCUT2D eigenvalue weighted by Crippen LogP contribution is 2.32. The summed E-state index contributed by atoms with van der Waals surface area (Å²) < 4.78 is 38.5. The molecule has 0 aliphatic carbocycles. The van der Waals surface area contributed by atoms with Gasteiger partial charge in [-0.1, -0.05) is 18.2 Å². The van der Waals surface area contributed by atoms with E-state index in [0.29, 0.717) is 12.1 Å². The Hall–Kier alpha value is -0.490.